The molecule has 0 spiro atoms. The Labute approximate surface area is 211 Å². The van der Waals surface area contributed by atoms with Gasteiger partial charge in [0.25, 0.3) is 5.91 Å². The number of rotatable bonds is 8. The van der Waals surface area contributed by atoms with Crippen molar-refractivity contribution in [2.45, 2.75) is 20.4 Å². The zero-order valence-electron chi connectivity index (χ0n) is 20.7. The summed E-state index contributed by atoms with van der Waals surface area (Å²) in [6.45, 7) is 4.16. The molecule has 13 heteroatoms. The lowest BCUT2D eigenvalue weighted by atomic mass is 10.1. The maximum absolute atomic E-state index is 13.2. The van der Waals surface area contributed by atoms with Crippen molar-refractivity contribution < 1.29 is 23.9 Å². The number of nitrogens with one attached hydrogen (secondary N) is 2. The summed E-state index contributed by atoms with van der Waals surface area (Å²) in [6, 6.07) is 9.23. The topological polar surface area (TPSA) is 181 Å². The second kappa shape index (κ2) is 9.89. The summed E-state index contributed by atoms with van der Waals surface area (Å²) < 4.78 is 13.3. The van der Waals surface area contributed by atoms with Crippen LogP contribution in [0.5, 0.6) is 5.75 Å². The zero-order valence-corrected chi connectivity index (χ0v) is 20.7. The molecular formula is C24H26N8O5. The Morgan fingerprint density at radius 2 is 1.84 bits per heavy atom. The highest BCUT2D eigenvalue weighted by Crippen LogP contribution is 2.34. The minimum atomic E-state index is -0.623. The van der Waals surface area contributed by atoms with Crippen LogP contribution < -0.4 is 26.9 Å². The molecule has 0 aliphatic heterocycles. The van der Waals surface area contributed by atoms with Gasteiger partial charge >= 0.3 is 5.97 Å². The van der Waals surface area contributed by atoms with E-state index in [2.05, 4.69) is 20.8 Å². The molecule has 0 unspecified atom stereocenters. The van der Waals surface area contributed by atoms with E-state index in [0.717, 1.165) is 0 Å². The first kappa shape index (κ1) is 25.0. The predicted octanol–water partition coefficient (Wildman–Crippen LogP) is 2.16. The van der Waals surface area contributed by atoms with Gasteiger partial charge in [-0.1, -0.05) is 0 Å². The van der Waals surface area contributed by atoms with Gasteiger partial charge in [0.2, 0.25) is 11.9 Å². The number of fused-ring (bicyclic) bond motifs is 1. The van der Waals surface area contributed by atoms with Crippen molar-refractivity contribution in [1.82, 2.24) is 19.4 Å². The van der Waals surface area contributed by atoms with Crippen molar-refractivity contribution >= 4 is 46.1 Å². The molecule has 192 valence electrons. The highest BCUT2D eigenvalue weighted by Gasteiger charge is 2.21. The van der Waals surface area contributed by atoms with Crippen molar-refractivity contribution in [2.24, 2.45) is 5.73 Å². The van der Waals surface area contributed by atoms with Gasteiger partial charge in [0, 0.05) is 12.1 Å². The Bertz CT molecular complexity index is 1540. The number of hydrogen-bond donors (Lipinski definition) is 4. The number of imidazole rings is 1. The van der Waals surface area contributed by atoms with E-state index in [1.165, 1.54) is 43.2 Å². The van der Waals surface area contributed by atoms with Crippen LogP contribution in [0.15, 0.2) is 36.4 Å². The average molecular weight is 507 g/mol. The fraction of sp³-hybridized carbons (Fsp3) is 0.208. The van der Waals surface area contributed by atoms with Gasteiger partial charge in [-0.25, -0.2) is 14.5 Å². The van der Waals surface area contributed by atoms with E-state index in [0.29, 0.717) is 34.7 Å². The van der Waals surface area contributed by atoms with Crippen molar-refractivity contribution in [1.29, 1.82) is 0 Å². The third kappa shape index (κ3) is 4.74. The summed E-state index contributed by atoms with van der Waals surface area (Å²) in [5.74, 6) is -1.31. The summed E-state index contributed by atoms with van der Waals surface area (Å²) >= 11 is 0. The number of aryl methyl sites for hydroxylation is 2. The molecular weight excluding hydrogens is 480 g/mol. The molecule has 0 saturated carbocycles. The lowest BCUT2D eigenvalue weighted by Gasteiger charge is -2.18. The summed E-state index contributed by atoms with van der Waals surface area (Å²) in [4.78, 5) is 41.4. The van der Waals surface area contributed by atoms with Crippen LogP contribution in [0.4, 0.5) is 17.3 Å². The smallest absolute Gasteiger partial charge is 0.338 e. The number of carbonyl (C=O) groups excluding carboxylic acids is 3. The van der Waals surface area contributed by atoms with Crippen molar-refractivity contribution in [3.05, 3.63) is 58.9 Å². The fourth-order valence-electron chi connectivity index (χ4n) is 3.83. The van der Waals surface area contributed by atoms with Crippen LogP contribution in [0.3, 0.4) is 0 Å². The van der Waals surface area contributed by atoms with E-state index in [1.807, 2.05) is 6.92 Å². The maximum Gasteiger partial charge on any atom is 0.338 e. The molecule has 0 bridgehead atoms. The molecule has 6 N–H and O–H groups in total. The van der Waals surface area contributed by atoms with Gasteiger partial charge in [0.05, 0.1) is 42.2 Å². The number of ether oxygens (including phenoxy) is 2. The third-order valence-corrected chi connectivity index (χ3v) is 5.60. The molecule has 2 amide bonds. The summed E-state index contributed by atoms with van der Waals surface area (Å²) in [7, 11) is 2.68. The molecule has 0 fully saturated rings. The minimum absolute atomic E-state index is 0.0987. The number of carbonyl (C=O) groups is 3. The summed E-state index contributed by atoms with van der Waals surface area (Å²) in [6.07, 6.45) is 0. The van der Waals surface area contributed by atoms with E-state index >= 15 is 0 Å². The van der Waals surface area contributed by atoms with Crippen LogP contribution >= 0.6 is 0 Å². The van der Waals surface area contributed by atoms with Gasteiger partial charge in [-0.15, -0.1) is 0 Å². The molecule has 2 aromatic heterocycles. The molecule has 0 atom stereocenters. The number of esters is 1. The van der Waals surface area contributed by atoms with Crippen molar-refractivity contribution in [3.8, 4) is 5.75 Å². The number of nitrogen functional groups attached to an aromatic ring is 1. The van der Waals surface area contributed by atoms with E-state index in [1.54, 1.807) is 23.7 Å². The first-order valence-electron chi connectivity index (χ1n) is 11.2. The monoisotopic (exact) mass is 506 g/mol. The Hall–Kier alpha value is -5.07. The quantitative estimate of drug-likeness (QED) is 0.206. The van der Waals surface area contributed by atoms with E-state index in [-0.39, 0.29) is 28.5 Å². The van der Waals surface area contributed by atoms with Crippen LogP contribution in [0, 0.1) is 6.92 Å². The lowest BCUT2D eigenvalue weighted by molar-refractivity contribution is 0.0600. The average Bonchev–Trinajstić information content (AvgIpc) is 3.43. The number of methoxy groups -OCH3 is 2. The molecule has 2 aromatic carbocycles. The van der Waals surface area contributed by atoms with Gasteiger partial charge in [-0.3, -0.25) is 25.0 Å². The van der Waals surface area contributed by atoms with Crippen LogP contribution in [0.2, 0.25) is 0 Å². The van der Waals surface area contributed by atoms with Gasteiger partial charge in [0.1, 0.15) is 17.1 Å². The molecule has 4 aromatic rings. The number of benzene rings is 2. The number of hydrogen-bond acceptors (Lipinski definition) is 9. The largest absolute Gasteiger partial charge is 0.494 e. The molecule has 37 heavy (non-hydrogen) atoms. The normalized spacial score (nSPS) is 10.8. The number of anilines is 3. The molecule has 0 radical (unpaired) electrons. The van der Waals surface area contributed by atoms with Crippen LogP contribution in [-0.4, -0.2) is 51.4 Å². The van der Waals surface area contributed by atoms with E-state index in [9.17, 15) is 14.4 Å². The second-order valence-electron chi connectivity index (χ2n) is 8.03. The van der Waals surface area contributed by atoms with Crippen LogP contribution in [0.25, 0.3) is 11.0 Å². The Morgan fingerprint density at radius 3 is 2.49 bits per heavy atom. The number of nitrogens with two attached hydrogens (primary N) is 2. The SMILES string of the molecule is CCn1nc(C)cc1C(=O)Nc1nc2cc(C(N)=O)ccc2n1Nc1c(N)cc(C(=O)OC)cc1OC. The molecule has 4 rings (SSSR count). The van der Waals surface area contributed by atoms with Gasteiger partial charge in [-0.05, 0) is 50.2 Å². The first-order valence-corrected chi connectivity index (χ1v) is 11.2. The predicted molar refractivity (Wildman–Crippen MR) is 137 cm³/mol. The molecule has 0 aliphatic carbocycles. The summed E-state index contributed by atoms with van der Waals surface area (Å²) in [5.41, 5.74) is 17.6. The molecule has 13 nitrogen and oxygen atoms in total. The van der Waals surface area contributed by atoms with Crippen LogP contribution in [0.1, 0.15) is 43.8 Å². The second-order valence-corrected chi connectivity index (χ2v) is 8.03. The van der Waals surface area contributed by atoms with Crippen molar-refractivity contribution in [2.75, 3.05) is 30.7 Å². The van der Waals surface area contributed by atoms with Gasteiger partial charge in [-0.2, -0.15) is 5.10 Å². The maximum atomic E-state index is 13.2. The number of nitrogens with zero attached hydrogens (tertiary/aromatic N) is 4. The highest BCUT2D eigenvalue weighted by atomic mass is 16.5. The fourth-order valence-corrected chi connectivity index (χ4v) is 3.83. The molecule has 0 aliphatic rings. The van der Waals surface area contributed by atoms with E-state index < -0.39 is 17.8 Å². The number of aromatic nitrogens is 4. The Kier molecular flexibility index (Phi) is 6.69. The number of amides is 2. The van der Waals surface area contributed by atoms with Crippen LogP contribution in [-0.2, 0) is 11.3 Å². The molecule has 0 saturated heterocycles. The Morgan fingerprint density at radius 1 is 1.08 bits per heavy atom. The molecule has 2 heterocycles. The van der Waals surface area contributed by atoms with Gasteiger partial charge < -0.3 is 20.9 Å². The zero-order chi connectivity index (χ0) is 26.9. The summed E-state index contributed by atoms with van der Waals surface area (Å²) in [5, 5.41) is 7.10. The lowest BCUT2D eigenvalue weighted by Crippen LogP contribution is -2.22. The minimum Gasteiger partial charge on any atom is -0.494 e. The van der Waals surface area contributed by atoms with E-state index in [4.69, 9.17) is 20.9 Å². The first-order chi connectivity index (χ1) is 17.7. The Balaban J connectivity index is 1.83. The highest BCUT2D eigenvalue weighted by molar-refractivity contribution is 6.04. The van der Waals surface area contributed by atoms with Crippen molar-refractivity contribution in [3.63, 3.8) is 0 Å². The number of primary amides is 1. The standard InChI is InChI=1S/C24H26N8O5/c1-5-31-18(8-12(2)29-31)22(34)28-24-27-16-10-13(21(26)33)6-7-17(16)32(24)30-20-15(25)9-14(23(35)37-4)11-19(20)36-3/h6-11,30H,5,25H2,1-4H3,(H2,26,33)(H,27,28,34). The third-order valence-electron chi connectivity index (χ3n) is 5.60. The van der Waals surface area contributed by atoms with Gasteiger partial charge in [0.15, 0.2) is 0 Å².